The number of carboxylic acids is 1. The third-order valence-electron chi connectivity index (χ3n) is 4.12. The maximum absolute atomic E-state index is 11.1. The van der Waals surface area contributed by atoms with E-state index in [0.717, 1.165) is 23.4 Å². The van der Waals surface area contributed by atoms with Gasteiger partial charge in [0.25, 0.3) is 0 Å². The molecule has 4 nitrogen and oxygen atoms in total. The molecule has 108 valence electrons. The van der Waals surface area contributed by atoms with Gasteiger partial charge in [-0.2, -0.15) is 0 Å². The highest BCUT2D eigenvalue weighted by Gasteiger charge is 2.22. The lowest BCUT2D eigenvalue weighted by atomic mass is 9.82. The average molecular weight is 274 g/mol. The fourth-order valence-corrected chi connectivity index (χ4v) is 2.15. The molecule has 0 saturated heterocycles. The van der Waals surface area contributed by atoms with Crippen LogP contribution in [0.15, 0.2) is 18.2 Å². The molecule has 1 aromatic carbocycles. The average Bonchev–Trinajstić information content (AvgIpc) is 2.64. The maximum Gasteiger partial charge on any atom is 0.335 e. The van der Waals surface area contributed by atoms with E-state index in [1.165, 1.54) is 0 Å². The summed E-state index contributed by atoms with van der Waals surface area (Å²) in [6.07, 6.45) is 0. The number of nitrogens with zero attached hydrogens (tertiary/aromatic N) is 2. The summed E-state index contributed by atoms with van der Waals surface area (Å²) in [5, 5.41) is 9.12. The minimum atomic E-state index is -0.902. The summed E-state index contributed by atoms with van der Waals surface area (Å²) in [7, 11) is 0. The summed E-state index contributed by atoms with van der Waals surface area (Å²) in [5.74, 6) is 0.492. The van der Waals surface area contributed by atoms with Gasteiger partial charge in [0.1, 0.15) is 5.82 Å². The van der Waals surface area contributed by atoms with Crippen molar-refractivity contribution in [3.63, 3.8) is 0 Å². The Morgan fingerprint density at radius 3 is 2.60 bits per heavy atom. The van der Waals surface area contributed by atoms with Crippen LogP contribution in [0, 0.1) is 18.3 Å². The molecule has 1 heterocycles. The van der Waals surface area contributed by atoms with Crippen molar-refractivity contribution in [2.24, 2.45) is 11.3 Å². The molecule has 0 amide bonds. The molecule has 1 atom stereocenters. The van der Waals surface area contributed by atoms with Crippen molar-refractivity contribution in [2.75, 3.05) is 0 Å². The Morgan fingerprint density at radius 1 is 1.40 bits per heavy atom. The van der Waals surface area contributed by atoms with Crippen molar-refractivity contribution >= 4 is 17.0 Å². The zero-order valence-electron chi connectivity index (χ0n) is 12.8. The predicted molar refractivity (Wildman–Crippen MR) is 80.0 cm³/mol. The monoisotopic (exact) mass is 274 g/mol. The molecule has 2 aromatic rings. The number of aromatic carboxylic acids is 1. The Bertz CT molecular complexity index is 650. The van der Waals surface area contributed by atoms with E-state index in [4.69, 9.17) is 5.11 Å². The van der Waals surface area contributed by atoms with Crippen LogP contribution in [0.5, 0.6) is 0 Å². The molecular formula is C16H22N2O2. The zero-order chi connectivity index (χ0) is 15.1. The SMILES string of the molecule is Cc1nc2ccc(C(=O)O)cc2n1CC(C)C(C)(C)C. The largest absolute Gasteiger partial charge is 0.478 e. The van der Waals surface area contributed by atoms with E-state index in [-0.39, 0.29) is 5.41 Å². The lowest BCUT2D eigenvalue weighted by molar-refractivity contribution is 0.0697. The van der Waals surface area contributed by atoms with Gasteiger partial charge in [-0.1, -0.05) is 27.7 Å². The summed E-state index contributed by atoms with van der Waals surface area (Å²) in [6, 6.07) is 5.10. The number of aromatic nitrogens is 2. The van der Waals surface area contributed by atoms with E-state index in [1.54, 1.807) is 18.2 Å². The fraction of sp³-hybridized carbons (Fsp3) is 0.500. The molecule has 4 heteroatoms. The predicted octanol–water partition coefficient (Wildman–Crippen LogP) is 3.73. The Labute approximate surface area is 119 Å². The van der Waals surface area contributed by atoms with Crippen molar-refractivity contribution in [1.82, 2.24) is 9.55 Å². The van der Waals surface area contributed by atoms with Gasteiger partial charge in [-0.25, -0.2) is 9.78 Å². The van der Waals surface area contributed by atoms with Crippen LogP contribution in [0.4, 0.5) is 0 Å². The molecule has 0 aliphatic rings. The van der Waals surface area contributed by atoms with E-state index < -0.39 is 5.97 Å². The van der Waals surface area contributed by atoms with E-state index in [2.05, 4.69) is 37.2 Å². The number of hydrogen-bond acceptors (Lipinski definition) is 2. The minimum Gasteiger partial charge on any atom is -0.478 e. The summed E-state index contributed by atoms with van der Waals surface area (Å²) in [4.78, 5) is 15.6. The van der Waals surface area contributed by atoms with Crippen LogP contribution < -0.4 is 0 Å². The lowest BCUT2D eigenvalue weighted by Gasteiger charge is -2.28. The van der Waals surface area contributed by atoms with E-state index in [9.17, 15) is 4.79 Å². The van der Waals surface area contributed by atoms with Crippen LogP contribution in [-0.2, 0) is 6.54 Å². The lowest BCUT2D eigenvalue weighted by Crippen LogP contribution is -2.22. The number of carboxylic acid groups (broad SMARTS) is 1. The zero-order valence-corrected chi connectivity index (χ0v) is 12.8. The Morgan fingerprint density at radius 2 is 2.05 bits per heavy atom. The second kappa shape index (κ2) is 4.93. The maximum atomic E-state index is 11.1. The molecule has 1 aromatic heterocycles. The van der Waals surface area contributed by atoms with Crippen molar-refractivity contribution in [3.05, 3.63) is 29.6 Å². The molecule has 20 heavy (non-hydrogen) atoms. The highest BCUT2D eigenvalue weighted by molar-refractivity contribution is 5.92. The van der Waals surface area contributed by atoms with E-state index >= 15 is 0 Å². The molecule has 1 unspecified atom stereocenters. The molecular weight excluding hydrogens is 252 g/mol. The standard InChI is InChI=1S/C16H22N2O2/c1-10(16(3,4)5)9-18-11(2)17-13-7-6-12(15(19)20)8-14(13)18/h6-8,10H,9H2,1-5H3,(H,19,20). The van der Waals surface area contributed by atoms with E-state index in [0.29, 0.717) is 11.5 Å². The summed E-state index contributed by atoms with van der Waals surface area (Å²) < 4.78 is 2.12. The first-order valence-electron chi connectivity index (χ1n) is 6.90. The second-order valence-electron chi connectivity index (χ2n) is 6.55. The first-order chi connectivity index (χ1) is 9.20. The molecule has 0 fully saturated rings. The molecule has 0 radical (unpaired) electrons. The molecule has 0 saturated carbocycles. The number of carbonyl (C=O) groups is 1. The first kappa shape index (κ1) is 14.6. The highest BCUT2D eigenvalue weighted by atomic mass is 16.4. The number of hydrogen-bond donors (Lipinski definition) is 1. The van der Waals surface area contributed by atoms with Crippen molar-refractivity contribution in [1.29, 1.82) is 0 Å². The number of benzene rings is 1. The molecule has 2 rings (SSSR count). The van der Waals surface area contributed by atoms with Gasteiger partial charge >= 0.3 is 5.97 Å². The first-order valence-corrected chi connectivity index (χ1v) is 6.90. The van der Waals surface area contributed by atoms with Gasteiger partial charge in [0, 0.05) is 6.54 Å². The van der Waals surface area contributed by atoms with Gasteiger partial charge in [-0.3, -0.25) is 0 Å². The van der Waals surface area contributed by atoms with Crippen LogP contribution in [0.25, 0.3) is 11.0 Å². The van der Waals surface area contributed by atoms with Gasteiger partial charge in [-0.15, -0.1) is 0 Å². The van der Waals surface area contributed by atoms with Gasteiger partial charge in [0.15, 0.2) is 0 Å². The quantitative estimate of drug-likeness (QED) is 0.928. The van der Waals surface area contributed by atoms with Crippen LogP contribution in [0.3, 0.4) is 0 Å². The van der Waals surface area contributed by atoms with Crippen molar-refractivity contribution in [2.45, 2.75) is 41.2 Å². The molecule has 0 bridgehead atoms. The van der Waals surface area contributed by atoms with Crippen LogP contribution in [0.1, 0.15) is 43.9 Å². The van der Waals surface area contributed by atoms with Crippen molar-refractivity contribution < 1.29 is 9.90 Å². The van der Waals surface area contributed by atoms with Gasteiger partial charge in [0.05, 0.1) is 16.6 Å². The molecule has 0 aliphatic carbocycles. The number of fused-ring (bicyclic) bond motifs is 1. The normalized spacial score (nSPS) is 13.7. The fourth-order valence-electron chi connectivity index (χ4n) is 2.15. The molecule has 0 spiro atoms. The number of imidazole rings is 1. The third-order valence-corrected chi connectivity index (χ3v) is 4.12. The van der Waals surface area contributed by atoms with Gasteiger partial charge < -0.3 is 9.67 Å². The minimum absolute atomic E-state index is 0.202. The Hall–Kier alpha value is -1.84. The van der Waals surface area contributed by atoms with Crippen molar-refractivity contribution in [3.8, 4) is 0 Å². The summed E-state index contributed by atoms with van der Waals surface area (Å²) in [6.45, 7) is 11.7. The summed E-state index contributed by atoms with van der Waals surface area (Å²) >= 11 is 0. The van der Waals surface area contributed by atoms with Gasteiger partial charge in [0.2, 0.25) is 0 Å². The number of rotatable bonds is 3. The Kier molecular flexibility index (Phi) is 3.59. The molecule has 1 N–H and O–H groups in total. The Balaban J connectivity index is 2.49. The summed E-state index contributed by atoms with van der Waals surface area (Å²) in [5.41, 5.74) is 2.27. The topological polar surface area (TPSA) is 55.1 Å². The smallest absolute Gasteiger partial charge is 0.335 e. The third kappa shape index (κ3) is 2.69. The van der Waals surface area contributed by atoms with E-state index in [1.807, 2.05) is 6.92 Å². The van der Waals surface area contributed by atoms with Crippen LogP contribution in [0.2, 0.25) is 0 Å². The number of aryl methyl sites for hydroxylation is 1. The highest BCUT2D eigenvalue weighted by Crippen LogP contribution is 2.29. The van der Waals surface area contributed by atoms with Gasteiger partial charge in [-0.05, 0) is 36.5 Å². The van der Waals surface area contributed by atoms with Crippen LogP contribution >= 0.6 is 0 Å². The molecule has 0 aliphatic heterocycles. The van der Waals surface area contributed by atoms with Crippen LogP contribution in [-0.4, -0.2) is 20.6 Å². The second-order valence-corrected chi connectivity index (χ2v) is 6.55.